The van der Waals surface area contributed by atoms with E-state index in [9.17, 15) is 4.79 Å². The highest BCUT2D eigenvalue weighted by atomic mass is 16.5. The summed E-state index contributed by atoms with van der Waals surface area (Å²) in [6, 6.07) is 18.0. The van der Waals surface area contributed by atoms with Crippen LogP contribution in [-0.4, -0.2) is 25.2 Å². The molecule has 1 saturated heterocycles. The largest absolute Gasteiger partial charge is 0.376 e. The van der Waals surface area contributed by atoms with Gasteiger partial charge in [-0.25, -0.2) is 0 Å². The SMILES string of the molecule is O=C(NCC1CCCO1)c1ccccc1Cc1ccccc1. The standard InChI is InChI=1S/C19H21NO2/c21-19(20-14-17-10-6-12-22-17)18-11-5-4-9-16(18)13-15-7-2-1-3-8-15/h1-5,7-9,11,17H,6,10,12-14H2,(H,20,21). The van der Waals surface area contributed by atoms with Crippen LogP contribution in [0.4, 0.5) is 0 Å². The van der Waals surface area contributed by atoms with Gasteiger partial charge in [0, 0.05) is 18.7 Å². The summed E-state index contributed by atoms with van der Waals surface area (Å²) in [5, 5.41) is 3.00. The van der Waals surface area contributed by atoms with Crippen LogP contribution in [0.5, 0.6) is 0 Å². The van der Waals surface area contributed by atoms with Crippen LogP contribution in [0.1, 0.15) is 34.3 Å². The van der Waals surface area contributed by atoms with Crippen LogP contribution in [-0.2, 0) is 11.2 Å². The van der Waals surface area contributed by atoms with Gasteiger partial charge < -0.3 is 10.1 Å². The fourth-order valence-corrected chi connectivity index (χ4v) is 2.82. The number of carbonyl (C=O) groups is 1. The van der Waals surface area contributed by atoms with Gasteiger partial charge in [-0.05, 0) is 36.5 Å². The Bertz CT molecular complexity index is 618. The number of nitrogens with one attached hydrogen (secondary N) is 1. The van der Waals surface area contributed by atoms with Crippen molar-refractivity contribution in [2.24, 2.45) is 0 Å². The molecular weight excluding hydrogens is 274 g/mol. The van der Waals surface area contributed by atoms with E-state index < -0.39 is 0 Å². The van der Waals surface area contributed by atoms with Gasteiger partial charge in [-0.3, -0.25) is 4.79 Å². The minimum absolute atomic E-state index is 0.0120. The molecule has 1 aliphatic rings. The summed E-state index contributed by atoms with van der Waals surface area (Å²) in [5.41, 5.74) is 3.02. The molecule has 0 aromatic heterocycles. The molecule has 3 heteroatoms. The van der Waals surface area contributed by atoms with E-state index >= 15 is 0 Å². The first-order valence-electron chi connectivity index (χ1n) is 7.84. The number of hydrogen-bond donors (Lipinski definition) is 1. The zero-order valence-electron chi connectivity index (χ0n) is 12.6. The maximum atomic E-state index is 12.4. The molecule has 3 nitrogen and oxygen atoms in total. The lowest BCUT2D eigenvalue weighted by Crippen LogP contribution is -2.32. The second kappa shape index (κ2) is 7.23. The highest BCUT2D eigenvalue weighted by Gasteiger charge is 2.17. The highest BCUT2D eigenvalue weighted by Crippen LogP contribution is 2.15. The number of benzene rings is 2. The third-order valence-corrected chi connectivity index (χ3v) is 4.01. The molecular formula is C19H21NO2. The van der Waals surface area contributed by atoms with Crippen molar-refractivity contribution >= 4 is 5.91 Å². The molecule has 1 aliphatic heterocycles. The van der Waals surface area contributed by atoms with Gasteiger partial charge in [0.05, 0.1) is 6.10 Å². The van der Waals surface area contributed by atoms with Crippen molar-refractivity contribution in [1.29, 1.82) is 0 Å². The van der Waals surface area contributed by atoms with Crippen molar-refractivity contribution in [2.75, 3.05) is 13.2 Å². The van der Waals surface area contributed by atoms with Crippen LogP contribution in [0.2, 0.25) is 0 Å². The quantitative estimate of drug-likeness (QED) is 0.920. The van der Waals surface area contributed by atoms with Gasteiger partial charge in [0.25, 0.3) is 5.91 Å². The first-order chi connectivity index (χ1) is 10.8. The van der Waals surface area contributed by atoms with E-state index in [0.717, 1.165) is 37.0 Å². The van der Waals surface area contributed by atoms with E-state index in [1.165, 1.54) is 5.56 Å². The lowest BCUT2D eigenvalue weighted by Gasteiger charge is -2.13. The summed E-state index contributed by atoms with van der Waals surface area (Å²) in [5.74, 6) is -0.0120. The van der Waals surface area contributed by atoms with Crippen LogP contribution in [0.15, 0.2) is 54.6 Å². The van der Waals surface area contributed by atoms with Crippen LogP contribution in [0.3, 0.4) is 0 Å². The molecule has 1 fully saturated rings. The lowest BCUT2D eigenvalue weighted by molar-refractivity contribution is 0.0857. The summed E-state index contributed by atoms with van der Waals surface area (Å²) >= 11 is 0. The second-order valence-electron chi connectivity index (χ2n) is 5.66. The second-order valence-corrected chi connectivity index (χ2v) is 5.66. The van der Waals surface area contributed by atoms with Crippen molar-refractivity contribution in [1.82, 2.24) is 5.32 Å². The number of rotatable bonds is 5. The van der Waals surface area contributed by atoms with Crippen molar-refractivity contribution in [3.05, 3.63) is 71.3 Å². The van der Waals surface area contributed by atoms with Gasteiger partial charge in [0.1, 0.15) is 0 Å². The Hall–Kier alpha value is -2.13. The molecule has 1 heterocycles. The Kier molecular flexibility index (Phi) is 4.86. The molecule has 2 aromatic rings. The average Bonchev–Trinajstić information content (AvgIpc) is 3.08. The number of hydrogen-bond acceptors (Lipinski definition) is 2. The average molecular weight is 295 g/mol. The van der Waals surface area contributed by atoms with Crippen molar-refractivity contribution < 1.29 is 9.53 Å². The van der Waals surface area contributed by atoms with Crippen LogP contribution in [0, 0.1) is 0 Å². The first kappa shape index (κ1) is 14.8. The van der Waals surface area contributed by atoms with Gasteiger partial charge in [-0.15, -0.1) is 0 Å². The third kappa shape index (κ3) is 3.74. The van der Waals surface area contributed by atoms with Crippen LogP contribution < -0.4 is 5.32 Å². The Labute approximate surface area is 131 Å². The van der Waals surface area contributed by atoms with E-state index in [0.29, 0.717) is 6.54 Å². The number of amides is 1. The lowest BCUT2D eigenvalue weighted by atomic mass is 9.99. The fourth-order valence-electron chi connectivity index (χ4n) is 2.82. The molecule has 1 atom stereocenters. The minimum atomic E-state index is -0.0120. The van der Waals surface area contributed by atoms with Crippen LogP contribution >= 0.6 is 0 Å². The maximum absolute atomic E-state index is 12.4. The molecule has 0 spiro atoms. The van der Waals surface area contributed by atoms with E-state index in [1.54, 1.807) is 0 Å². The number of ether oxygens (including phenoxy) is 1. The molecule has 3 rings (SSSR count). The Balaban J connectivity index is 1.68. The molecule has 0 bridgehead atoms. The van der Waals surface area contributed by atoms with Crippen molar-refractivity contribution in [3.63, 3.8) is 0 Å². The molecule has 1 unspecified atom stereocenters. The zero-order valence-corrected chi connectivity index (χ0v) is 12.6. The summed E-state index contributed by atoms with van der Waals surface area (Å²) in [7, 11) is 0. The highest BCUT2D eigenvalue weighted by molar-refractivity contribution is 5.95. The smallest absolute Gasteiger partial charge is 0.251 e. The Morgan fingerprint density at radius 2 is 1.86 bits per heavy atom. The van der Waals surface area contributed by atoms with Gasteiger partial charge in [0.2, 0.25) is 0 Å². The topological polar surface area (TPSA) is 38.3 Å². The summed E-state index contributed by atoms with van der Waals surface area (Å²) in [6.07, 6.45) is 3.06. The molecule has 22 heavy (non-hydrogen) atoms. The molecule has 0 radical (unpaired) electrons. The predicted molar refractivity (Wildman–Crippen MR) is 87.0 cm³/mol. The maximum Gasteiger partial charge on any atom is 0.251 e. The molecule has 0 saturated carbocycles. The molecule has 2 aromatic carbocycles. The minimum Gasteiger partial charge on any atom is -0.376 e. The summed E-state index contributed by atoms with van der Waals surface area (Å²) < 4.78 is 5.55. The summed E-state index contributed by atoms with van der Waals surface area (Å²) in [6.45, 7) is 1.41. The molecule has 1 amide bonds. The molecule has 1 N–H and O–H groups in total. The zero-order chi connectivity index (χ0) is 15.2. The van der Waals surface area contributed by atoms with Gasteiger partial charge in [-0.1, -0.05) is 48.5 Å². The van der Waals surface area contributed by atoms with E-state index in [4.69, 9.17) is 4.74 Å². The number of carbonyl (C=O) groups excluding carboxylic acids is 1. The summed E-state index contributed by atoms with van der Waals surface area (Å²) in [4.78, 5) is 12.4. The normalized spacial score (nSPS) is 17.4. The van der Waals surface area contributed by atoms with Crippen molar-refractivity contribution in [2.45, 2.75) is 25.4 Å². The first-order valence-corrected chi connectivity index (χ1v) is 7.84. The van der Waals surface area contributed by atoms with Gasteiger partial charge in [-0.2, -0.15) is 0 Å². The van der Waals surface area contributed by atoms with E-state index in [-0.39, 0.29) is 12.0 Å². The van der Waals surface area contributed by atoms with Gasteiger partial charge in [0.15, 0.2) is 0 Å². The predicted octanol–water partition coefficient (Wildman–Crippen LogP) is 3.19. The molecule has 114 valence electrons. The Morgan fingerprint density at radius 1 is 1.09 bits per heavy atom. The third-order valence-electron chi connectivity index (χ3n) is 4.01. The van der Waals surface area contributed by atoms with Gasteiger partial charge >= 0.3 is 0 Å². The van der Waals surface area contributed by atoms with Crippen LogP contribution in [0.25, 0.3) is 0 Å². The van der Waals surface area contributed by atoms with E-state index in [2.05, 4.69) is 17.4 Å². The van der Waals surface area contributed by atoms with E-state index in [1.807, 2.05) is 42.5 Å². The monoisotopic (exact) mass is 295 g/mol. The Morgan fingerprint density at radius 3 is 2.64 bits per heavy atom. The molecule has 0 aliphatic carbocycles. The fraction of sp³-hybridized carbons (Fsp3) is 0.316. The van der Waals surface area contributed by atoms with Crippen molar-refractivity contribution in [3.8, 4) is 0 Å².